The number of nitrogens with zero attached hydrogens (tertiary/aromatic N) is 2. The Kier molecular flexibility index (Phi) is 6.25. The van der Waals surface area contributed by atoms with Gasteiger partial charge >= 0.3 is 0 Å². The first-order chi connectivity index (χ1) is 13.2. The number of aliphatic hydroxyl groups is 1. The number of H-pyrrole nitrogens is 2. The van der Waals surface area contributed by atoms with E-state index in [-0.39, 0.29) is 23.4 Å². The first kappa shape index (κ1) is 19.8. The molecule has 0 atom stereocenters. The molecule has 8 bridgehead atoms. The van der Waals surface area contributed by atoms with E-state index >= 15 is 0 Å². The fourth-order valence-corrected chi connectivity index (χ4v) is 2.94. The van der Waals surface area contributed by atoms with Crippen LogP contribution < -0.4 is 0 Å². The molecule has 0 aliphatic carbocycles. The van der Waals surface area contributed by atoms with Crippen LogP contribution in [0, 0.1) is 0 Å². The maximum Gasteiger partial charge on any atom is 0.0659 e. The number of aromatic nitrogens is 4. The summed E-state index contributed by atoms with van der Waals surface area (Å²) in [5.74, 6) is 0. The van der Waals surface area contributed by atoms with Gasteiger partial charge in [0.2, 0.25) is 0 Å². The number of aromatic amines is 2. The Hall–Kier alpha value is -2.93. The SMILES string of the molecule is C1=Cc2cc3ccc(cc4ccc(cc5nc(cc1n2)C=C5)[nH]4)[nH]3.CCO.[Co]. The largest absolute Gasteiger partial charge is 0.397 e. The quantitative estimate of drug-likeness (QED) is 0.345. The molecule has 1 radical (unpaired) electrons. The molecule has 3 aromatic rings. The summed E-state index contributed by atoms with van der Waals surface area (Å²) in [5.41, 5.74) is 7.86. The summed E-state index contributed by atoms with van der Waals surface area (Å²) in [6.07, 6.45) is 8.05. The third kappa shape index (κ3) is 4.67. The summed E-state index contributed by atoms with van der Waals surface area (Å²) in [5, 5.41) is 7.57. The van der Waals surface area contributed by atoms with Crippen LogP contribution in [0.5, 0.6) is 0 Å². The van der Waals surface area contributed by atoms with Crippen molar-refractivity contribution in [1.29, 1.82) is 0 Å². The van der Waals surface area contributed by atoms with Gasteiger partial charge in [0.05, 0.1) is 22.8 Å². The number of rotatable bonds is 0. The Labute approximate surface area is 173 Å². The normalized spacial score (nSPS) is 11.5. The van der Waals surface area contributed by atoms with E-state index in [1.807, 2.05) is 42.5 Å². The smallest absolute Gasteiger partial charge is 0.0659 e. The van der Waals surface area contributed by atoms with Gasteiger partial charge in [0.25, 0.3) is 0 Å². The van der Waals surface area contributed by atoms with Crippen molar-refractivity contribution in [3.05, 3.63) is 71.3 Å². The van der Waals surface area contributed by atoms with Crippen LogP contribution >= 0.6 is 0 Å². The van der Waals surface area contributed by atoms with Crippen LogP contribution in [0.25, 0.3) is 46.4 Å². The van der Waals surface area contributed by atoms with Crippen molar-refractivity contribution in [2.45, 2.75) is 6.92 Å². The van der Waals surface area contributed by atoms with Crippen molar-refractivity contribution in [3.63, 3.8) is 0 Å². The molecule has 0 amide bonds. The van der Waals surface area contributed by atoms with Crippen LogP contribution in [0.4, 0.5) is 0 Å². The Morgan fingerprint density at radius 1 is 0.643 bits per heavy atom. The van der Waals surface area contributed by atoms with Crippen LogP contribution in [0.3, 0.4) is 0 Å². The second-order valence-electron chi connectivity index (χ2n) is 6.22. The summed E-state index contributed by atoms with van der Waals surface area (Å²) in [4.78, 5) is 16.0. The molecule has 2 aliphatic heterocycles. The van der Waals surface area contributed by atoms with Gasteiger partial charge in [-0.05, 0) is 79.8 Å². The summed E-state index contributed by atoms with van der Waals surface area (Å²) in [6, 6.07) is 16.4. The molecule has 3 aromatic heterocycles. The average molecular weight is 415 g/mol. The van der Waals surface area contributed by atoms with Gasteiger partial charge in [0.1, 0.15) is 0 Å². The maximum absolute atomic E-state index is 7.57. The standard InChI is InChI=1S/C20H14N4.C2H6O.Co/c1-2-14-10-16-5-6-18(23-16)12-20-8-7-19(24-20)11-17-4-3-15(22-17)9-13(1)21-14;1-2-3;/h1-12,21-22H;3H,2H2,1H3;. The molecule has 0 spiro atoms. The zero-order valence-electron chi connectivity index (χ0n) is 15.3. The zero-order valence-corrected chi connectivity index (χ0v) is 16.4. The molecule has 5 rings (SSSR count). The van der Waals surface area contributed by atoms with Gasteiger partial charge in [0, 0.05) is 45.5 Å². The molecule has 5 nitrogen and oxygen atoms in total. The van der Waals surface area contributed by atoms with E-state index in [1.165, 1.54) is 0 Å². The van der Waals surface area contributed by atoms with Crippen molar-refractivity contribution in [1.82, 2.24) is 19.9 Å². The fourth-order valence-electron chi connectivity index (χ4n) is 2.94. The molecule has 5 heterocycles. The van der Waals surface area contributed by atoms with E-state index < -0.39 is 0 Å². The fraction of sp³-hybridized carbons (Fsp3) is 0.0909. The second-order valence-corrected chi connectivity index (χ2v) is 6.22. The van der Waals surface area contributed by atoms with E-state index in [1.54, 1.807) is 6.92 Å². The monoisotopic (exact) mass is 415 g/mol. The van der Waals surface area contributed by atoms with Gasteiger partial charge in [-0.25, -0.2) is 9.97 Å². The second kappa shape index (κ2) is 8.84. The van der Waals surface area contributed by atoms with Crippen LogP contribution in [0.15, 0.2) is 48.5 Å². The summed E-state index contributed by atoms with van der Waals surface area (Å²) < 4.78 is 0. The van der Waals surface area contributed by atoms with Gasteiger partial charge in [-0.1, -0.05) is 0 Å². The molecule has 0 aromatic carbocycles. The van der Waals surface area contributed by atoms with E-state index in [0.717, 1.165) is 44.8 Å². The Morgan fingerprint density at radius 3 is 1.36 bits per heavy atom. The summed E-state index contributed by atoms with van der Waals surface area (Å²) in [7, 11) is 0. The van der Waals surface area contributed by atoms with Gasteiger partial charge in [-0.2, -0.15) is 0 Å². The number of hydrogen-bond donors (Lipinski definition) is 3. The molecule has 3 N–H and O–H groups in total. The van der Waals surface area contributed by atoms with E-state index in [4.69, 9.17) is 5.11 Å². The van der Waals surface area contributed by atoms with Crippen LogP contribution in [0.1, 0.15) is 29.7 Å². The Balaban J connectivity index is 0.000000531. The van der Waals surface area contributed by atoms with Crippen molar-refractivity contribution in [2.75, 3.05) is 6.61 Å². The van der Waals surface area contributed by atoms with E-state index in [9.17, 15) is 0 Å². The number of nitrogens with one attached hydrogen (secondary N) is 2. The number of hydrogen-bond acceptors (Lipinski definition) is 3. The zero-order chi connectivity index (χ0) is 18.6. The van der Waals surface area contributed by atoms with Crippen LogP contribution in [0.2, 0.25) is 0 Å². The molecular formula is C22H20CoN4O. The molecule has 143 valence electrons. The maximum atomic E-state index is 7.57. The predicted octanol–water partition coefficient (Wildman–Crippen LogP) is 4.65. The molecule has 0 saturated carbocycles. The molecule has 28 heavy (non-hydrogen) atoms. The Morgan fingerprint density at radius 2 is 0.964 bits per heavy atom. The van der Waals surface area contributed by atoms with Gasteiger partial charge < -0.3 is 15.1 Å². The minimum absolute atomic E-state index is 0. The van der Waals surface area contributed by atoms with Crippen molar-refractivity contribution < 1.29 is 21.9 Å². The van der Waals surface area contributed by atoms with Crippen LogP contribution in [-0.2, 0) is 16.8 Å². The third-order valence-corrected chi connectivity index (χ3v) is 4.04. The molecule has 6 heteroatoms. The van der Waals surface area contributed by atoms with E-state index in [0.29, 0.717) is 0 Å². The van der Waals surface area contributed by atoms with Gasteiger partial charge in [0.15, 0.2) is 0 Å². The van der Waals surface area contributed by atoms with Crippen molar-refractivity contribution in [3.8, 4) is 0 Å². The minimum atomic E-state index is 0. The topological polar surface area (TPSA) is 77.6 Å². The van der Waals surface area contributed by atoms with Crippen LogP contribution in [-0.4, -0.2) is 31.6 Å². The minimum Gasteiger partial charge on any atom is -0.397 e. The first-order valence-electron chi connectivity index (χ1n) is 8.87. The predicted molar refractivity (Wildman–Crippen MR) is 112 cm³/mol. The Bertz CT molecular complexity index is 1100. The van der Waals surface area contributed by atoms with Gasteiger partial charge in [-0.3, -0.25) is 0 Å². The van der Waals surface area contributed by atoms with Gasteiger partial charge in [-0.15, -0.1) is 0 Å². The molecule has 0 saturated heterocycles. The molecule has 2 aliphatic rings. The third-order valence-electron chi connectivity index (χ3n) is 4.04. The average Bonchev–Trinajstić information content (AvgIpc) is 3.41. The molecule has 0 fully saturated rings. The summed E-state index contributed by atoms with van der Waals surface area (Å²) in [6.45, 7) is 1.93. The number of aliphatic hydroxyl groups excluding tert-OH is 1. The van der Waals surface area contributed by atoms with E-state index in [2.05, 4.69) is 50.3 Å². The first-order valence-corrected chi connectivity index (χ1v) is 8.87. The van der Waals surface area contributed by atoms with Crippen molar-refractivity contribution in [2.24, 2.45) is 0 Å². The number of fused-ring (bicyclic) bond motifs is 8. The summed E-state index contributed by atoms with van der Waals surface area (Å²) >= 11 is 0. The van der Waals surface area contributed by atoms with Crippen molar-refractivity contribution >= 4 is 46.4 Å². The molecule has 0 unspecified atom stereocenters. The molecular weight excluding hydrogens is 395 g/mol.